The molecule has 5 heteroatoms. The normalized spacial score (nSPS) is 19.3. The molecular weight excluding hydrogens is 338 g/mol. The van der Waals surface area contributed by atoms with Crippen LogP contribution in [0.3, 0.4) is 0 Å². The predicted octanol–water partition coefficient (Wildman–Crippen LogP) is 2.82. The Hall–Kier alpha value is -3.47. The maximum Gasteiger partial charge on any atom is 0.253 e. The number of amides is 2. The summed E-state index contributed by atoms with van der Waals surface area (Å²) in [4.78, 5) is 24.7. The highest BCUT2D eigenvalue weighted by Crippen LogP contribution is 2.29. The van der Waals surface area contributed by atoms with Crippen LogP contribution in [0.1, 0.15) is 17.0 Å². The molecule has 0 aliphatic carbocycles. The molecule has 2 amide bonds. The summed E-state index contributed by atoms with van der Waals surface area (Å²) >= 11 is 0. The number of nitrogens with one attached hydrogen (secondary N) is 2. The van der Waals surface area contributed by atoms with E-state index in [9.17, 15) is 9.59 Å². The lowest BCUT2D eigenvalue weighted by Gasteiger charge is -2.15. The molecule has 3 aromatic carbocycles. The van der Waals surface area contributed by atoms with E-state index in [2.05, 4.69) is 15.8 Å². The van der Waals surface area contributed by atoms with Crippen LogP contribution >= 0.6 is 0 Å². The van der Waals surface area contributed by atoms with Gasteiger partial charge >= 0.3 is 0 Å². The van der Waals surface area contributed by atoms with Crippen LogP contribution in [-0.2, 0) is 9.59 Å². The number of hydrazone groups is 1. The van der Waals surface area contributed by atoms with Crippen molar-refractivity contribution in [1.29, 1.82) is 0 Å². The molecule has 0 unspecified atom stereocenters. The fraction of sp³-hybridized carbons (Fsp3) is 0.136. The van der Waals surface area contributed by atoms with Gasteiger partial charge in [-0.25, -0.2) is 5.43 Å². The molecule has 27 heavy (non-hydrogen) atoms. The van der Waals surface area contributed by atoms with Crippen molar-refractivity contribution in [2.45, 2.75) is 5.92 Å². The molecule has 0 radical (unpaired) electrons. The van der Waals surface area contributed by atoms with Crippen LogP contribution in [-0.4, -0.2) is 24.6 Å². The fourth-order valence-corrected chi connectivity index (χ4v) is 3.46. The Labute approximate surface area is 157 Å². The Morgan fingerprint density at radius 2 is 1.74 bits per heavy atom. The van der Waals surface area contributed by atoms with E-state index in [1.165, 1.54) is 0 Å². The molecule has 0 saturated carbocycles. The van der Waals surface area contributed by atoms with Gasteiger partial charge in [-0.1, -0.05) is 66.7 Å². The molecule has 3 aromatic rings. The summed E-state index contributed by atoms with van der Waals surface area (Å²) in [5.74, 6) is -1.62. The first-order chi connectivity index (χ1) is 13.2. The van der Waals surface area contributed by atoms with E-state index in [0.717, 1.165) is 21.9 Å². The van der Waals surface area contributed by atoms with E-state index >= 15 is 0 Å². The van der Waals surface area contributed by atoms with Gasteiger partial charge in [-0.15, -0.1) is 0 Å². The molecule has 1 aliphatic heterocycles. The molecule has 1 heterocycles. The smallest absolute Gasteiger partial charge is 0.253 e. The van der Waals surface area contributed by atoms with E-state index in [-0.39, 0.29) is 11.8 Å². The number of benzene rings is 3. The van der Waals surface area contributed by atoms with E-state index in [1.54, 1.807) is 6.21 Å². The zero-order valence-corrected chi connectivity index (χ0v) is 14.6. The first-order valence-corrected chi connectivity index (χ1v) is 8.87. The molecule has 0 bridgehead atoms. The highest BCUT2D eigenvalue weighted by molar-refractivity contribution is 6.03. The van der Waals surface area contributed by atoms with Gasteiger partial charge in [-0.05, 0) is 28.0 Å². The molecule has 1 aliphatic rings. The van der Waals surface area contributed by atoms with Gasteiger partial charge in [0.2, 0.25) is 5.91 Å². The summed E-state index contributed by atoms with van der Waals surface area (Å²) in [6, 6.07) is 23.6. The van der Waals surface area contributed by atoms with E-state index in [1.807, 2.05) is 72.8 Å². The lowest BCUT2D eigenvalue weighted by molar-refractivity contribution is -0.133. The highest BCUT2D eigenvalue weighted by Gasteiger charge is 2.40. The second-order valence-corrected chi connectivity index (χ2v) is 6.58. The number of fused-ring (bicyclic) bond motifs is 1. The van der Waals surface area contributed by atoms with Crippen LogP contribution in [0.25, 0.3) is 10.8 Å². The van der Waals surface area contributed by atoms with Gasteiger partial charge in [-0.2, -0.15) is 5.10 Å². The Balaban J connectivity index is 1.47. The average Bonchev–Trinajstić information content (AvgIpc) is 3.10. The van der Waals surface area contributed by atoms with E-state index in [0.29, 0.717) is 6.54 Å². The molecule has 2 atom stereocenters. The second kappa shape index (κ2) is 7.41. The molecule has 2 N–H and O–H groups in total. The minimum atomic E-state index is -0.777. The molecule has 1 fully saturated rings. The maximum atomic E-state index is 12.6. The van der Waals surface area contributed by atoms with Crippen LogP contribution in [0.5, 0.6) is 0 Å². The van der Waals surface area contributed by atoms with Crippen molar-refractivity contribution in [2.75, 3.05) is 6.54 Å². The number of hydrogen-bond acceptors (Lipinski definition) is 3. The van der Waals surface area contributed by atoms with Crippen molar-refractivity contribution >= 4 is 28.8 Å². The Morgan fingerprint density at radius 3 is 2.56 bits per heavy atom. The molecule has 1 saturated heterocycles. The van der Waals surface area contributed by atoms with Crippen LogP contribution in [0, 0.1) is 5.92 Å². The molecule has 4 rings (SSSR count). The molecule has 5 nitrogen and oxygen atoms in total. The van der Waals surface area contributed by atoms with Crippen molar-refractivity contribution in [1.82, 2.24) is 10.7 Å². The third kappa shape index (κ3) is 3.58. The van der Waals surface area contributed by atoms with Crippen molar-refractivity contribution < 1.29 is 9.59 Å². The van der Waals surface area contributed by atoms with Crippen LogP contribution in [0.4, 0.5) is 0 Å². The molecule has 0 aromatic heterocycles. The molecule has 0 spiro atoms. The van der Waals surface area contributed by atoms with E-state index in [4.69, 9.17) is 0 Å². The second-order valence-electron chi connectivity index (χ2n) is 6.58. The summed E-state index contributed by atoms with van der Waals surface area (Å²) in [7, 11) is 0. The van der Waals surface area contributed by atoms with Gasteiger partial charge in [0.05, 0.1) is 6.21 Å². The lowest BCUT2D eigenvalue weighted by Crippen LogP contribution is -2.34. The minimum Gasteiger partial charge on any atom is -0.355 e. The predicted molar refractivity (Wildman–Crippen MR) is 105 cm³/mol. The van der Waals surface area contributed by atoms with Crippen LogP contribution in [0.15, 0.2) is 77.9 Å². The number of hydrogen-bond donors (Lipinski definition) is 2. The van der Waals surface area contributed by atoms with Gasteiger partial charge in [0.15, 0.2) is 0 Å². The number of carbonyl (C=O) groups is 2. The first-order valence-electron chi connectivity index (χ1n) is 8.87. The van der Waals surface area contributed by atoms with Crippen LogP contribution in [0.2, 0.25) is 0 Å². The highest BCUT2D eigenvalue weighted by atomic mass is 16.2. The summed E-state index contributed by atoms with van der Waals surface area (Å²) in [6.07, 6.45) is 1.59. The largest absolute Gasteiger partial charge is 0.355 e. The molecular formula is C22H19N3O2. The third-order valence-corrected chi connectivity index (χ3v) is 4.85. The topological polar surface area (TPSA) is 70.6 Å². The number of nitrogens with zero attached hydrogens (tertiary/aromatic N) is 1. The average molecular weight is 357 g/mol. The standard InChI is InChI=1S/C22H19N3O2/c26-21-20(19(14-23-21)17-7-2-1-3-8-17)22(27)25-24-13-15-10-11-16-6-4-5-9-18(16)12-15/h1-13,19-20H,14H2,(H,23,26)(H,25,27)/t19-,20+/m1/s1. The number of rotatable bonds is 4. The molecule has 134 valence electrons. The Kier molecular flexibility index (Phi) is 4.66. The first kappa shape index (κ1) is 17.0. The Morgan fingerprint density at radius 1 is 1.00 bits per heavy atom. The summed E-state index contributed by atoms with van der Waals surface area (Å²) in [5.41, 5.74) is 4.37. The summed E-state index contributed by atoms with van der Waals surface area (Å²) in [5, 5.41) is 9.08. The fourth-order valence-electron chi connectivity index (χ4n) is 3.46. The summed E-state index contributed by atoms with van der Waals surface area (Å²) < 4.78 is 0. The SMILES string of the molecule is O=C1NC[C@H](c2ccccc2)[C@@H]1C(=O)NN=Cc1ccc2ccccc2c1. The van der Waals surface area contributed by atoms with Crippen molar-refractivity contribution in [3.05, 3.63) is 83.9 Å². The van der Waals surface area contributed by atoms with Gasteiger partial charge < -0.3 is 5.32 Å². The quantitative estimate of drug-likeness (QED) is 0.428. The van der Waals surface area contributed by atoms with Gasteiger partial charge in [0, 0.05) is 12.5 Å². The number of carbonyl (C=O) groups excluding carboxylic acids is 2. The monoisotopic (exact) mass is 357 g/mol. The van der Waals surface area contributed by atoms with Gasteiger partial charge in [0.25, 0.3) is 5.91 Å². The van der Waals surface area contributed by atoms with Crippen molar-refractivity contribution in [3.63, 3.8) is 0 Å². The summed E-state index contributed by atoms with van der Waals surface area (Å²) in [6.45, 7) is 0.454. The lowest BCUT2D eigenvalue weighted by atomic mass is 9.88. The van der Waals surface area contributed by atoms with Crippen molar-refractivity contribution in [3.8, 4) is 0 Å². The zero-order valence-electron chi connectivity index (χ0n) is 14.6. The van der Waals surface area contributed by atoms with Crippen molar-refractivity contribution in [2.24, 2.45) is 11.0 Å². The Bertz CT molecular complexity index is 1010. The zero-order chi connectivity index (χ0) is 18.6. The van der Waals surface area contributed by atoms with Crippen LogP contribution < -0.4 is 10.7 Å². The van der Waals surface area contributed by atoms with Gasteiger partial charge in [-0.3, -0.25) is 9.59 Å². The van der Waals surface area contributed by atoms with Gasteiger partial charge in [0.1, 0.15) is 5.92 Å². The van der Waals surface area contributed by atoms with E-state index < -0.39 is 11.8 Å². The third-order valence-electron chi connectivity index (χ3n) is 4.85. The maximum absolute atomic E-state index is 12.6. The minimum absolute atomic E-state index is 0.186.